The van der Waals surface area contributed by atoms with Crippen molar-refractivity contribution in [2.24, 2.45) is 0 Å². The van der Waals surface area contributed by atoms with Crippen LogP contribution in [0.4, 0.5) is 5.00 Å². The van der Waals surface area contributed by atoms with Crippen molar-refractivity contribution < 1.29 is 22.7 Å². The fourth-order valence-electron chi connectivity index (χ4n) is 3.53. The molecule has 0 atom stereocenters. The third kappa shape index (κ3) is 5.76. The molecular formula is C22H25N3O5S3. The Morgan fingerprint density at radius 1 is 1.18 bits per heavy atom. The summed E-state index contributed by atoms with van der Waals surface area (Å²) < 4.78 is 32.4. The highest BCUT2D eigenvalue weighted by atomic mass is 32.2. The van der Waals surface area contributed by atoms with Gasteiger partial charge in [-0.05, 0) is 68.3 Å². The molecule has 0 radical (unpaired) electrons. The van der Waals surface area contributed by atoms with Crippen LogP contribution in [0, 0.1) is 17.6 Å². The van der Waals surface area contributed by atoms with Gasteiger partial charge in [0.25, 0.3) is 5.91 Å². The molecule has 0 spiro atoms. The Bertz CT molecular complexity index is 1160. The molecule has 0 aliphatic carbocycles. The number of nitrogens with one attached hydrogen (secondary N) is 1. The average Bonchev–Trinajstić information content (AvgIpc) is 2.98. The maximum Gasteiger partial charge on any atom is 0.348 e. The van der Waals surface area contributed by atoms with Crippen LogP contribution >= 0.6 is 23.1 Å². The van der Waals surface area contributed by atoms with Crippen LogP contribution in [0.15, 0.2) is 34.1 Å². The Hall–Kier alpha value is -2.39. The lowest BCUT2D eigenvalue weighted by Crippen LogP contribution is -2.31. The quantitative estimate of drug-likeness (QED) is 0.330. The minimum Gasteiger partial charge on any atom is -0.462 e. The third-order valence-electron chi connectivity index (χ3n) is 5.25. The number of hydrogen-bond acceptors (Lipinski definition) is 8. The number of nitriles is 1. The highest BCUT2D eigenvalue weighted by Gasteiger charge is 2.26. The number of rotatable bonds is 7. The van der Waals surface area contributed by atoms with E-state index in [-0.39, 0.29) is 17.1 Å². The van der Waals surface area contributed by atoms with E-state index < -0.39 is 21.9 Å². The number of benzene rings is 1. The molecule has 1 amide bonds. The molecule has 33 heavy (non-hydrogen) atoms. The van der Waals surface area contributed by atoms with Gasteiger partial charge in [0.1, 0.15) is 15.3 Å². The topological polar surface area (TPSA) is 117 Å². The number of nitrogens with zero attached hydrogens (tertiary/aromatic N) is 2. The van der Waals surface area contributed by atoms with Crippen molar-refractivity contribution in [2.75, 3.05) is 25.0 Å². The zero-order valence-electron chi connectivity index (χ0n) is 18.4. The summed E-state index contributed by atoms with van der Waals surface area (Å²) in [5.74, 6) is -0.978. The highest BCUT2D eigenvalue weighted by molar-refractivity contribution is 8.04. The third-order valence-corrected chi connectivity index (χ3v) is 9.28. The number of carbonyl (C=O) groups excluding carboxylic acids is 2. The van der Waals surface area contributed by atoms with Crippen LogP contribution in [0.1, 0.15) is 58.2 Å². The zero-order valence-corrected chi connectivity index (χ0v) is 20.9. The summed E-state index contributed by atoms with van der Waals surface area (Å²) in [5.41, 5.74) is 0.834. The van der Waals surface area contributed by atoms with E-state index in [1.807, 2.05) is 5.40 Å². The van der Waals surface area contributed by atoms with Crippen LogP contribution in [0.3, 0.4) is 0 Å². The van der Waals surface area contributed by atoms with Crippen LogP contribution in [0.5, 0.6) is 0 Å². The number of esters is 1. The van der Waals surface area contributed by atoms with Crippen LogP contribution in [-0.2, 0) is 14.8 Å². The Morgan fingerprint density at radius 3 is 2.39 bits per heavy atom. The molecule has 1 aromatic heterocycles. The Kier molecular flexibility index (Phi) is 8.53. The number of sulfonamides is 1. The lowest BCUT2D eigenvalue weighted by Gasteiger charge is -2.20. The van der Waals surface area contributed by atoms with Gasteiger partial charge in [0, 0.05) is 18.7 Å². The summed E-state index contributed by atoms with van der Waals surface area (Å²) in [5, 5.41) is 14.2. The van der Waals surface area contributed by atoms with Crippen molar-refractivity contribution in [3.05, 3.63) is 40.3 Å². The van der Waals surface area contributed by atoms with Gasteiger partial charge in [0.05, 0.1) is 16.4 Å². The minimum absolute atomic E-state index is 0.151. The van der Waals surface area contributed by atoms with E-state index in [0.717, 1.165) is 48.8 Å². The highest BCUT2D eigenvalue weighted by Crippen LogP contribution is 2.40. The van der Waals surface area contributed by atoms with Gasteiger partial charge in [-0.1, -0.05) is 12.8 Å². The monoisotopic (exact) mass is 507 g/mol. The Morgan fingerprint density at radius 2 is 1.82 bits per heavy atom. The lowest BCUT2D eigenvalue weighted by atomic mass is 10.2. The number of amides is 1. The molecule has 1 aliphatic heterocycles. The second-order valence-electron chi connectivity index (χ2n) is 7.43. The molecule has 0 saturated carbocycles. The van der Waals surface area contributed by atoms with E-state index in [0.29, 0.717) is 33.4 Å². The van der Waals surface area contributed by atoms with Crippen molar-refractivity contribution in [3.8, 4) is 5.40 Å². The van der Waals surface area contributed by atoms with Crippen LogP contribution in [0.25, 0.3) is 0 Å². The average molecular weight is 508 g/mol. The molecule has 2 aromatic rings. The van der Waals surface area contributed by atoms with Crippen molar-refractivity contribution in [3.63, 3.8) is 0 Å². The molecule has 8 nitrogen and oxygen atoms in total. The lowest BCUT2D eigenvalue weighted by molar-refractivity contribution is 0.0531. The number of thiocyanates is 1. The molecule has 2 heterocycles. The second-order valence-corrected chi connectivity index (χ2v) is 11.2. The smallest absolute Gasteiger partial charge is 0.348 e. The maximum absolute atomic E-state index is 12.9. The molecule has 0 unspecified atom stereocenters. The van der Waals surface area contributed by atoms with Gasteiger partial charge in [0.15, 0.2) is 0 Å². The van der Waals surface area contributed by atoms with Gasteiger partial charge in [-0.25, -0.2) is 13.2 Å². The van der Waals surface area contributed by atoms with Gasteiger partial charge in [-0.15, -0.1) is 11.3 Å². The predicted octanol–water partition coefficient (Wildman–Crippen LogP) is 4.62. The largest absolute Gasteiger partial charge is 0.462 e. The Balaban J connectivity index is 1.80. The van der Waals surface area contributed by atoms with E-state index in [2.05, 4.69) is 5.32 Å². The van der Waals surface area contributed by atoms with E-state index in [1.165, 1.54) is 28.6 Å². The standard InChI is InChI=1S/C22H25N3O5S3/c1-3-30-22(27)19-15(2)18(31-14-23)21(32-19)24-20(26)16-8-10-17(11-9-16)33(28,29)25-12-6-4-5-7-13-25/h8-11H,3-7,12-13H2,1-2H3,(H,24,26). The van der Waals surface area contributed by atoms with Crippen molar-refractivity contribution in [1.82, 2.24) is 4.31 Å². The molecule has 1 N–H and O–H groups in total. The van der Waals surface area contributed by atoms with E-state index in [4.69, 9.17) is 10.00 Å². The fourth-order valence-corrected chi connectivity index (χ4v) is 6.84. The van der Waals surface area contributed by atoms with E-state index >= 15 is 0 Å². The first kappa shape index (κ1) is 25.2. The fraction of sp³-hybridized carbons (Fsp3) is 0.409. The minimum atomic E-state index is -3.61. The summed E-state index contributed by atoms with van der Waals surface area (Å²) in [6.07, 6.45) is 3.74. The first-order valence-corrected chi connectivity index (χ1v) is 13.6. The molecule has 3 rings (SSSR count). The van der Waals surface area contributed by atoms with Crippen LogP contribution in [0.2, 0.25) is 0 Å². The first-order valence-electron chi connectivity index (χ1n) is 10.6. The normalized spacial score (nSPS) is 14.8. The number of anilines is 1. The number of thiophene rings is 1. The van der Waals surface area contributed by atoms with Crippen LogP contribution < -0.4 is 5.32 Å². The zero-order chi connectivity index (χ0) is 24.0. The molecule has 1 aliphatic rings. The SMILES string of the molecule is CCOC(=O)c1sc(NC(=O)c2ccc(S(=O)(=O)N3CCCCCC3)cc2)c(SC#N)c1C. The Labute approximate surface area is 202 Å². The van der Waals surface area contributed by atoms with Gasteiger partial charge < -0.3 is 10.1 Å². The molecule has 1 saturated heterocycles. The molecule has 1 fully saturated rings. The van der Waals surface area contributed by atoms with Crippen molar-refractivity contribution in [2.45, 2.75) is 49.3 Å². The molecule has 11 heteroatoms. The molecule has 0 bridgehead atoms. The number of ether oxygens (including phenoxy) is 1. The van der Waals surface area contributed by atoms with Gasteiger partial charge in [-0.2, -0.15) is 9.57 Å². The second kappa shape index (κ2) is 11.2. The van der Waals surface area contributed by atoms with Gasteiger partial charge in [-0.3, -0.25) is 4.79 Å². The van der Waals surface area contributed by atoms with E-state index in [1.54, 1.807) is 13.8 Å². The maximum atomic E-state index is 12.9. The van der Waals surface area contributed by atoms with Crippen molar-refractivity contribution in [1.29, 1.82) is 5.26 Å². The summed E-state index contributed by atoms with van der Waals surface area (Å²) in [7, 11) is -3.61. The molecule has 176 valence electrons. The summed E-state index contributed by atoms with van der Waals surface area (Å²) in [6.45, 7) is 4.62. The molecule has 1 aromatic carbocycles. The summed E-state index contributed by atoms with van der Waals surface area (Å²) in [6, 6.07) is 5.79. The predicted molar refractivity (Wildman–Crippen MR) is 128 cm³/mol. The number of thioether (sulfide) groups is 1. The summed E-state index contributed by atoms with van der Waals surface area (Å²) in [4.78, 5) is 26.0. The van der Waals surface area contributed by atoms with Gasteiger partial charge >= 0.3 is 5.97 Å². The number of hydrogen-bond donors (Lipinski definition) is 1. The van der Waals surface area contributed by atoms with Crippen molar-refractivity contribution >= 4 is 50.0 Å². The molecular weight excluding hydrogens is 482 g/mol. The van der Waals surface area contributed by atoms with Crippen LogP contribution in [-0.4, -0.2) is 44.3 Å². The van der Waals surface area contributed by atoms with Gasteiger partial charge in [0.2, 0.25) is 10.0 Å². The summed E-state index contributed by atoms with van der Waals surface area (Å²) >= 11 is 1.90. The van der Waals surface area contributed by atoms with E-state index in [9.17, 15) is 18.0 Å². The number of carbonyl (C=O) groups is 2. The first-order chi connectivity index (χ1) is 15.8.